The van der Waals surface area contributed by atoms with Gasteiger partial charge in [0.05, 0.1) is 19.2 Å². The topological polar surface area (TPSA) is 84.9 Å². The van der Waals surface area contributed by atoms with Crippen molar-refractivity contribution in [2.45, 2.75) is 24.8 Å². The van der Waals surface area contributed by atoms with Crippen molar-refractivity contribution < 1.29 is 24.2 Å². The van der Waals surface area contributed by atoms with Gasteiger partial charge in [-0.05, 0) is 31.4 Å². The van der Waals surface area contributed by atoms with Gasteiger partial charge in [0.15, 0.2) is 11.5 Å². The Morgan fingerprint density at radius 2 is 1.95 bits per heavy atom. The molecule has 1 aliphatic carbocycles. The molecule has 21 heavy (non-hydrogen) atoms. The van der Waals surface area contributed by atoms with Gasteiger partial charge in [0.2, 0.25) is 0 Å². The van der Waals surface area contributed by atoms with Gasteiger partial charge in [-0.15, -0.1) is 0 Å². The third kappa shape index (κ3) is 2.76. The maximum absolute atomic E-state index is 12.2. The smallest absolute Gasteiger partial charge is 0.329 e. The lowest BCUT2D eigenvalue weighted by atomic mass is 9.76. The summed E-state index contributed by atoms with van der Waals surface area (Å²) in [7, 11) is 2.87. The summed E-state index contributed by atoms with van der Waals surface area (Å²) in [5, 5.41) is 12.0. The summed E-state index contributed by atoms with van der Waals surface area (Å²) in [4.78, 5) is 23.5. The van der Waals surface area contributed by atoms with Crippen molar-refractivity contribution in [2.75, 3.05) is 14.2 Å². The number of carbonyl (C=O) groups is 2. The fraction of sp³-hybridized carbons (Fsp3) is 0.429. The summed E-state index contributed by atoms with van der Waals surface area (Å²) < 4.78 is 10.2. The zero-order valence-corrected chi connectivity index (χ0v) is 12.5. The van der Waals surface area contributed by atoms with Crippen molar-refractivity contribution in [1.82, 2.24) is 5.32 Å². The SMILES string of the molecule is COc1cc(C(=O)NC2(C(=O)O)CCC2)cc(Cl)c1OC. The molecule has 2 N–H and O–H groups in total. The van der Waals surface area contributed by atoms with E-state index in [2.05, 4.69) is 5.32 Å². The van der Waals surface area contributed by atoms with Crippen molar-refractivity contribution in [3.05, 3.63) is 22.7 Å². The van der Waals surface area contributed by atoms with E-state index in [0.717, 1.165) is 6.42 Å². The van der Waals surface area contributed by atoms with Gasteiger partial charge >= 0.3 is 5.97 Å². The van der Waals surface area contributed by atoms with Gasteiger partial charge in [-0.3, -0.25) is 4.79 Å². The summed E-state index contributed by atoms with van der Waals surface area (Å²) >= 11 is 6.04. The summed E-state index contributed by atoms with van der Waals surface area (Å²) in [6, 6.07) is 2.89. The molecule has 1 aliphatic rings. The minimum Gasteiger partial charge on any atom is -0.493 e. The van der Waals surface area contributed by atoms with Crippen LogP contribution in [0.3, 0.4) is 0 Å². The fourth-order valence-electron chi connectivity index (χ4n) is 2.26. The van der Waals surface area contributed by atoms with E-state index in [4.69, 9.17) is 21.1 Å². The molecule has 1 amide bonds. The number of nitrogens with one attached hydrogen (secondary N) is 1. The summed E-state index contributed by atoms with van der Waals surface area (Å²) in [6.07, 6.45) is 1.63. The standard InChI is InChI=1S/C14H16ClNO5/c1-20-10-7-8(6-9(15)11(10)21-2)12(17)16-14(13(18)19)4-3-5-14/h6-7H,3-5H2,1-2H3,(H,16,17)(H,18,19). The third-order valence-electron chi connectivity index (χ3n) is 3.67. The lowest BCUT2D eigenvalue weighted by molar-refractivity contribution is -0.148. The molecule has 0 aliphatic heterocycles. The van der Waals surface area contributed by atoms with Crippen LogP contribution in [0.15, 0.2) is 12.1 Å². The monoisotopic (exact) mass is 313 g/mol. The Morgan fingerprint density at radius 1 is 1.29 bits per heavy atom. The average molecular weight is 314 g/mol. The second kappa shape index (κ2) is 5.81. The molecule has 1 fully saturated rings. The van der Waals surface area contributed by atoms with Crippen molar-refractivity contribution in [2.24, 2.45) is 0 Å². The van der Waals surface area contributed by atoms with E-state index >= 15 is 0 Å². The summed E-state index contributed by atoms with van der Waals surface area (Å²) in [5.74, 6) is -0.880. The van der Waals surface area contributed by atoms with E-state index < -0.39 is 17.4 Å². The molecule has 0 atom stereocenters. The third-order valence-corrected chi connectivity index (χ3v) is 3.95. The van der Waals surface area contributed by atoms with Crippen LogP contribution in [0.1, 0.15) is 29.6 Å². The second-order valence-corrected chi connectivity index (χ2v) is 5.30. The highest BCUT2D eigenvalue weighted by atomic mass is 35.5. The Labute approximate surface area is 127 Å². The van der Waals surface area contributed by atoms with Gasteiger partial charge in [0.25, 0.3) is 5.91 Å². The number of carbonyl (C=O) groups excluding carboxylic acids is 1. The molecular formula is C14H16ClNO5. The first-order valence-corrected chi connectivity index (χ1v) is 6.79. The van der Waals surface area contributed by atoms with Crippen molar-refractivity contribution in [1.29, 1.82) is 0 Å². The van der Waals surface area contributed by atoms with Crippen LogP contribution in [0.2, 0.25) is 5.02 Å². The molecule has 2 rings (SSSR count). The normalized spacial score (nSPS) is 15.8. The van der Waals surface area contributed by atoms with Crippen LogP contribution in [-0.2, 0) is 4.79 Å². The lowest BCUT2D eigenvalue weighted by Crippen LogP contribution is -2.59. The Balaban J connectivity index is 2.27. The minimum absolute atomic E-state index is 0.222. The predicted molar refractivity (Wildman–Crippen MR) is 76.2 cm³/mol. The van der Waals surface area contributed by atoms with Crippen LogP contribution in [-0.4, -0.2) is 36.7 Å². The molecule has 0 radical (unpaired) electrons. The van der Waals surface area contributed by atoms with E-state index in [-0.39, 0.29) is 10.6 Å². The number of amides is 1. The molecule has 0 saturated heterocycles. The molecule has 7 heteroatoms. The maximum atomic E-state index is 12.2. The molecule has 6 nitrogen and oxygen atoms in total. The number of rotatable bonds is 5. The number of carboxylic acid groups (broad SMARTS) is 1. The van der Waals surface area contributed by atoms with Gasteiger partial charge in [-0.25, -0.2) is 4.79 Å². The number of benzene rings is 1. The van der Waals surface area contributed by atoms with E-state index in [1.165, 1.54) is 26.4 Å². The zero-order valence-electron chi connectivity index (χ0n) is 11.7. The number of aliphatic carboxylic acids is 1. The summed E-state index contributed by atoms with van der Waals surface area (Å²) in [6.45, 7) is 0. The number of hydrogen-bond donors (Lipinski definition) is 2. The highest BCUT2D eigenvalue weighted by Crippen LogP contribution is 2.37. The lowest BCUT2D eigenvalue weighted by Gasteiger charge is -2.38. The highest BCUT2D eigenvalue weighted by molar-refractivity contribution is 6.32. The van der Waals surface area contributed by atoms with E-state index in [1.807, 2.05) is 0 Å². The molecule has 0 aromatic heterocycles. The molecule has 1 saturated carbocycles. The number of hydrogen-bond acceptors (Lipinski definition) is 4. The fourth-order valence-corrected chi connectivity index (χ4v) is 2.55. The van der Waals surface area contributed by atoms with Gasteiger partial charge < -0.3 is 19.9 Å². The molecule has 0 unspecified atom stereocenters. The first kappa shape index (κ1) is 15.4. The van der Waals surface area contributed by atoms with E-state index in [9.17, 15) is 14.7 Å². The van der Waals surface area contributed by atoms with Gasteiger partial charge in [-0.2, -0.15) is 0 Å². The second-order valence-electron chi connectivity index (χ2n) is 4.89. The number of carboxylic acids is 1. The van der Waals surface area contributed by atoms with Crippen molar-refractivity contribution >= 4 is 23.5 Å². The van der Waals surface area contributed by atoms with Gasteiger partial charge in [0, 0.05) is 5.56 Å². The predicted octanol–water partition coefficient (Wildman–Crippen LogP) is 2.09. The zero-order chi connectivity index (χ0) is 15.6. The molecule has 1 aromatic rings. The van der Waals surface area contributed by atoms with Crippen LogP contribution in [0, 0.1) is 0 Å². The van der Waals surface area contributed by atoms with Gasteiger partial charge in [-0.1, -0.05) is 11.6 Å². The van der Waals surface area contributed by atoms with Crippen molar-refractivity contribution in [3.8, 4) is 11.5 Å². The molecule has 0 bridgehead atoms. The Morgan fingerprint density at radius 3 is 2.38 bits per heavy atom. The van der Waals surface area contributed by atoms with Crippen molar-refractivity contribution in [3.63, 3.8) is 0 Å². The Hall–Kier alpha value is -1.95. The molecule has 0 heterocycles. The molecular weight excluding hydrogens is 298 g/mol. The van der Waals surface area contributed by atoms with Crippen LogP contribution in [0.5, 0.6) is 11.5 Å². The number of ether oxygens (including phenoxy) is 2. The molecule has 114 valence electrons. The first-order chi connectivity index (χ1) is 9.93. The minimum atomic E-state index is -1.17. The maximum Gasteiger partial charge on any atom is 0.329 e. The molecule has 0 spiro atoms. The number of methoxy groups -OCH3 is 2. The summed E-state index contributed by atoms with van der Waals surface area (Å²) in [5.41, 5.74) is -0.943. The highest BCUT2D eigenvalue weighted by Gasteiger charge is 2.45. The van der Waals surface area contributed by atoms with Crippen LogP contribution < -0.4 is 14.8 Å². The van der Waals surface area contributed by atoms with Gasteiger partial charge in [0.1, 0.15) is 5.54 Å². The average Bonchev–Trinajstić information content (AvgIpc) is 2.40. The first-order valence-electron chi connectivity index (χ1n) is 6.41. The number of halogens is 1. The molecule has 1 aromatic carbocycles. The largest absolute Gasteiger partial charge is 0.493 e. The Bertz CT molecular complexity index is 583. The quantitative estimate of drug-likeness (QED) is 0.869. The Kier molecular flexibility index (Phi) is 4.27. The van der Waals surface area contributed by atoms with E-state index in [0.29, 0.717) is 24.3 Å². The van der Waals surface area contributed by atoms with Crippen LogP contribution in [0.25, 0.3) is 0 Å². The van der Waals surface area contributed by atoms with Crippen LogP contribution >= 0.6 is 11.6 Å². The van der Waals surface area contributed by atoms with E-state index in [1.54, 1.807) is 0 Å². The van der Waals surface area contributed by atoms with Crippen LogP contribution in [0.4, 0.5) is 0 Å².